The van der Waals surface area contributed by atoms with E-state index in [1.54, 1.807) is 0 Å². The summed E-state index contributed by atoms with van der Waals surface area (Å²) in [5.41, 5.74) is 1.90. The quantitative estimate of drug-likeness (QED) is 0.283. The molecule has 0 amide bonds. The van der Waals surface area contributed by atoms with E-state index in [9.17, 15) is 5.11 Å². The third-order valence-corrected chi connectivity index (χ3v) is 5.29. The molecule has 0 bridgehead atoms. The minimum atomic E-state index is -0.673. The second kappa shape index (κ2) is 12.6. The number of rotatable bonds is 9. The molecule has 0 unspecified atom stereocenters. The van der Waals surface area contributed by atoms with Crippen molar-refractivity contribution in [3.8, 4) is 0 Å². The van der Waals surface area contributed by atoms with Gasteiger partial charge in [0.25, 0.3) is 0 Å². The van der Waals surface area contributed by atoms with Gasteiger partial charge in [-0.05, 0) is 56.8 Å². The number of hydrogen-bond donors (Lipinski definition) is 3. The van der Waals surface area contributed by atoms with Gasteiger partial charge in [0.1, 0.15) is 0 Å². The third kappa shape index (κ3) is 8.35. The van der Waals surface area contributed by atoms with E-state index in [4.69, 9.17) is 0 Å². The molecule has 6 heteroatoms. The molecule has 0 aromatic heterocycles. The van der Waals surface area contributed by atoms with Crippen molar-refractivity contribution in [1.29, 1.82) is 0 Å². The molecule has 3 N–H and O–H groups in total. The van der Waals surface area contributed by atoms with Crippen molar-refractivity contribution in [2.75, 3.05) is 26.2 Å². The molecule has 0 radical (unpaired) electrons. The van der Waals surface area contributed by atoms with Crippen LogP contribution in [0.4, 0.5) is 0 Å². The van der Waals surface area contributed by atoms with Crippen LogP contribution in [0.1, 0.15) is 57.6 Å². The minimum Gasteiger partial charge on any atom is -0.388 e. The molecule has 1 fully saturated rings. The highest BCUT2D eigenvalue weighted by Crippen LogP contribution is 2.14. The first-order chi connectivity index (χ1) is 12.6. The number of benzene rings is 1. The Balaban J connectivity index is 0.00000364. The van der Waals surface area contributed by atoms with Crippen LogP contribution in [0.3, 0.4) is 0 Å². The van der Waals surface area contributed by atoms with E-state index in [1.807, 2.05) is 13.8 Å². The Morgan fingerprint density at radius 3 is 2.19 bits per heavy atom. The van der Waals surface area contributed by atoms with E-state index in [-0.39, 0.29) is 24.0 Å². The van der Waals surface area contributed by atoms with Crippen molar-refractivity contribution in [2.24, 2.45) is 4.99 Å². The third-order valence-electron chi connectivity index (χ3n) is 5.29. The Kier molecular flexibility index (Phi) is 11.3. The fourth-order valence-electron chi connectivity index (χ4n) is 3.21. The molecular formula is C21H37IN4O. The standard InChI is InChI=1S/C21H36N4O.HI/c1-4-21(26,5-2)17-24-20(22-6-3)23-15-18-9-11-19(12-10-18)16-25-13-7-8-14-25;/h9-12,26H,4-8,13-17H2,1-3H3,(H2,22,23,24);1H. The molecular weight excluding hydrogens is 451 g/mol. The summed E-state index contributed by atoms with van der Waals surface area (Å²) >= 11 is 0. The normalized spacial score (nSPS) is 15.5. The number of nitrogens with zero attached hydrogens (tertiary/aromatic N) is 2. The molecule has 0 aliphatic carbocycles. The smallest absolute Gasteiger partial charge is 0.191 e. The van der Waals surface area contributed by atoms with Gasteiger partial charge in [0.15, 0.2) is 5.96 Å². The van der Waals surface area contributed by atoms with E-state index < -0.39 is 5.60 Å². The second-order valence-electron chi connectivity index (χ2n) is 7.28. The highest BCUT2D eigenvalue weighted by Gasteiger charge is 2.22. The summed E-state index contributed by atoms with van der Waals surface area (Å²) in [7, 11) is 0. The van der Waals surface area contributed by atoms with E-state index in [0.29, 0.717) is 13.1 Å². The summed E-state index contributed by atoms with van der Waals surface area (Å²) in [6, 6.07) is 8.78. The molecule has 27 heavy (non-hydrogen) atoms. The zero-order chi connectivity index (χ0) is 18.8. The number of likely N-dealkylation sites (tertiary alicyclic amines) is 1. The Morgan fingerprint density at radius 2 is 1.63 bits per heavy atom. The lowest BCUT2D eigenvalue weighted by Crippen LogP contribution is -2.46. The maximum Gasteiger partial charge on any atom is 0.191 e. The van der Waals surface area contributed by atoms with Gasteiger partial charge in [-0.1, -0.05) is 38.1 Å². The molecule has 0 atom stereocenters. The molecule has 1 saturated heterocycles. The molecule has 5 nitrogen and oxygen atoms in total. The van der Waals surface area contributed by atoms with Crippen molar-refractivity contribution in [2.45, 2.75) is 65.1 Å². The summed E-state index contributed by atoms with van der Waals surface area (Å²) in [4.78, 5) is 7.18. The zero-order valence-corrected chi connectivity index (χ0v) is 19.5. The van der Waals surface area contributed by atoms with E-state index in [1.165, 1.54) is 37.1 Å². The molecule has 154 valence electrons. The predicted molar refractivity (Wildman–Crippen MR) is 125 cm³/mol. The van der Waals surface area contributed by atoms with Crippen LogP contribution in [0.2, 0.25) is 0 Å². The van der Waals surface area contributed by atoms with Crippen molar-refractivity contribution in [3.63, 3.8) is 0 Å². The zero-order valence-electron chi connectivity index (χ0n) is 17.1. The van der Waals surface area contributed by atoms with E-state index in [0.717, 1.165) is 31.9 Å². The van der Waals surface area contributed by atoms with Crippen LogP contribution in [-0.4, -0.2) is 47.7 Å². The molecule has 0 spiro atoms. The number of halogens is 1. The van der Waals surface area contributed by atoms with Crippen molar-refractivity contribution in [3.05, 3.63) is 35.4 Å². The van der Waals surface area contributed by atoms with Crippen LogP contribution < -0.4 is 10.6 Å². The van der Waals surface area contributed by atoms with Crippen LogP contribution in [0.15, 0.2) is 29.3 Å². The van der Waals surface area contributed by atoms with Crippen molar-refractivity contribution in [1.82, 2.24) is 15.5 Å². The first kappa shape index (κ1) is 24.2. The summed E-state index contributed by atoms with van der Waals surface area (Å²) in [6.45, 7) is 11.5. The number of aliphatic imine (C=N–C) groups is 1. The van der Waals surface area contributed by atoms with Gasteiger partial charge in [0.2, 0.25) is 0 Å². The molecule has 1 aromatic rings. The van der Waals surface area contributed by atoms with Gasteiger partial charge in [-0.3, -0.25) is 4.90 Å². The number of hydrogen-bond acceptors (Lipinski definition) is 3. The molecule has 2 rings (SSSR count). The maximum atomic E-state index is 10.4. The van der Waals surface area contributed by atoms with Crippen molar-refractivity contribution < 1.29 is 5.11 Å². The van der Waals surface area contributed by atoms with Crippen LogP contribution >= 0.6 is 24.0 Å². The topological polar surface area (TPSA) is 59.9 Å². The minimum absolute atomic E-state index is 0. The summed E-state index contributed by atoms with van der Waals surface area (Å²) in [5, 5.41) is 17.0. The lowest BCUT2D eigenvalue weighted by molar-refractivity contribution is 0.0367. The van der Waals surface area contributed by atoms with Gasteiger partial charge in [-0.25, -0.2) is 4.99 Å². The molecule has 1 aliphatic rings. The summed E-state index contributed by atoms with van der Waals surface area (Å²) in [5.74, 6) is 0.758. The highest BCUT2D eigenvalue weighted by atomic mass is 127. The lowest BCUT2D eigenvalue weighted by Gasteiger charge is -2.26. The Morgan fingerprint density at radius 1 is 1.04 bits per heavy atom. The maximum absolute atomic E-state index is 10.4. The first-order valence-electron chi connectivity index (χ1n) is 10.1. The Bertz CT molecular complexity index is 552. The van der Waals surface area contributed by atoms with E-state index in [2.05, 4.69) is 51.7 Å². The number of aliphatic hydroxyl groups is 1. The van der Waals surface area contributed by atoms with Crippen molar-refractivity contribution >= 4 is 29.9 Å². The van der Waals surface area contributed by atoms with Gasteiger partial charge in [-0.2, -0.15) is 0 Å². The summed E-state index contributed by atoms with van der Waals surface area (Å²) < 4.78 is 0. The molecule has 1 aliphatic heterocycles. The molecule has 1 heterocycles. The summed E-state index contributed by atoms with van der Waals surface area (Å²) in [6.07, 6.45) is 4.12. The van der Waals surface area contributed by atoms with Gasteiger partial charge in [0.05, 0.1) is 12.1 Å². The van der Waals surface area contributed by atoms with Gasteiger partial charge < -0.3 is 15.7 Å². The Hall–Kier alpha value is -0.860. The number of guanidine groups is 1. The fraction of sp³-hybridized carbons (Fsp3) is 0.667. The average Bonchev–Trinajstić information content (AvgIpc) is 3.18. The van der Waals surface area contributed by atoms with Crippen LogP contribution in [0.5, 0.6) is 0 Å². The fourth-order valence-corrected chi connectivity index (χ4v) is 3.21. The van der Waals surface area contributed by atoms with Crippen LogP contribution in [0.25, 0.3) is 0 Å². The predicted octanol–water partition coefficient (Wildman–Crippen LogP) is 3.51. The molecule has 0 saturated carbocycles. The van der Waals surface area contributed by atoms with E-state index >= 15 is 0 Å². The first-order valence-corrected chi connectivity index (χ1v) is 10.1. The highest BCUT2D eigenvalue weighted by molar-refractivity contribution is 14.0. The van der Waals surface area contributed by atoms with Gasteiger partial charge >= 0.3 is 0 Å². The SMILES string of the molecule is CCNC(=NCc1ccc(CN2CCCC2)cc1)NCC(O)(CC)CC.I. The lowest BCUT2D eigenvalue weighted by atomic mass is 9.98. The van der Waals surface area contributed by atoms with Crippen LogP contribution in [0, 0.1) is 0 Å². The average molecular weight is 488 g/mol. The van der Waals surface area contributed by atoms with Gasteiger partial charge in [-0.15, -0.1) is 24.0 Å². The second-order valence-corrected chi connectivity index (χ2v) is 7.28. The number of nitrogens with one attached hydrogen (secondary N) is 2. The van der Waals surface area contributed by atoms with Crippen LogP contribution in [-0.2, 0) is 13.1 Å². The molecule has 1 aromatic carbocycles. The van der Waals surface area contributed by atoms with Gasteiger partial charge in [0, 0.05) is 19.6 Å². The monoisotopic (exact) mass is 488 g/mol. The largest absolute Gasteiger partial charge is 0.388 e. The Labute approximate surface area is 182 Å².